The predicted octanol–water partition coefficient (Wildman–Crippen LogP) is 2.75. The fraction of sp³-hybridized carbons (Fsp3) is 0.308. The molecule has 2 aromatic carbocycles. The maximum absolute atomic E-state index is 12.8. The van der Waals surface area contributed by atoms with Crippen LogP contribution in [0.15, 0.2) is 72.9 Å². The number of carbonyl (C=O) groups is 1. The van der Waals surface area contributed by atoms with Crippen LogP contribution in [0.25, 0.3) is 0 Å². The topological polar surface area (TPSA) is 90.0 Å². The van der Waals surface area contributed by atoms with Gasteiger partial charge in [0.15, 0.2) is 0 Å². The Morgan fingerprint density at radius 3 is 2.53 bits per heavy atom. The summed E-state index contributed by atoms with van der Waals surface area (Å²) < 4.78 is 5.48. The molecule has 1 aliphatic heterocycles. The lowest BCUT2D eigenvalue weighted by Crippen LogP contribution is -2.50. The van der Waals surface area contributed by atoms with Gasteiger partial charge in [-0.25, -0.2) is 4.98 Å². The van der Waals surface area contributed by atoms with Crippen LogP contribution in [-0.2, 0) is 0 Å². The summed E-state index contributed by atoms with van der Waals surface area (Å²) in [6.45, 7) is 4.04. The number of nitrogens with zero attached hydrogens (tertiary/aromatic N) is 3. The summed E-state index contributed by atoms with van der Waals surface area (Å²) in [5, 5.41) is 16.6. The minimum atomic E-state index is -0.663. The van der Waals surface area contributed by atoms with Gasteiger partial charge in [0, 0.05) is 51.2 Å². The number of ether oxygens (including phenoxy) is 1. The van der Waals surface area contributed by atoms with Gasteiger partial charge in [0.2, 0.25) is 0 Å². The lowest BCUT2D eigenvalue weighted by molar-refractivity contribution is 0.0852. The highest BCUT2D eigenvalue weighted by molar-refractivity contribution is 5.99. The number of aliphatic hydroxyl groups excluding tert-OH is 1. The molecule has 1 amide bonds. The van der Waals surface area contributed by atoms with Gasteiger partial charge in [-0.1, -0.05) is 30.3 Å². The van der Waals surface area contributed by atoms with E-state index in [0.29, 0.717) is 17.9 Å². The number of para-hydroxylation sites is 3. The van der Waals surface area contributed by atoms with Crippen molar-refractivity contribution in [2.45, 2.75) is 6.10 Å². The molecule has 3 aromatic rings. The van der Waals surface area contributed by atoms with Crippen molar-refractivity contribution in [1.82, 2.24) is 15.2 Å². The van der Waals surface area contributed by atoms with Crippen LogP contribution in [0.2, 0.25) is 0 Å². The Labute approximate surface area is 200 Å². The molecule has 34 heavy (non-hydrogen) atoms. The zero-order valence-electron chi connectivity index (χ0n) is 19.4. The van der Waals surface area contributed by atoms with E-state index < -0.39 is 6.10 Å². The number of pyridine rings is 1. The third-order valence-corrected chi connectivity index (χ3v) is 5.85. The summed E-state index contributed by atoms with van der Waals surface area (Å²) in [7, 11) is 1.69. The predicted molar refractivity (Wildman–Crippen MR) is 134 cm³/mol. The standard InChI is InChI=1S/C26H31N5O3/c1-34-24-12-6-5-11-23(24)31-16-14-30(15-17-31)19-21(32)18-28-26(33)22-10-7-13-27-25(22)29-20-8-3-2-4-9-20/h2-13,21,32H,14-19H2,1H3,(H,27,29)(H,28,33). The van der Waals surface area contributed by atoms with Crippen molar-refractivity contribution in [2.24, 2.45) is 0 Å². The first-order valence-corrected chi connectivity index (χ1v) is 11.5. The second kappa shape index (κ2) is 11.5. The third-order valence-electron chi connectivity index (χ3n) is 5.85. The molecule has 0 spiro atoms. The Kier molecular flexibility index (Phi) is 7.95. The Hall–Kier alpha value is -3.62. The van der Waals surface area contributed by atoms with Gasteiger partial charge in [-0.15, -0.1) is 0 Å². The van der Waals surface area contributed by atoms with Crippen LogP contribution in [0.3, 0.4) is 0 Å². The number of β-amino-alcohol motifs (C(OH)–C–C–N with tert-alkyl or cyclic N) is 1. The zero-order valence-corrected chi connectivity index (χ0v) is 19.4. The number of benzene rings is 2. The van der Waals surface area contributed by atoms with E-state index in [-0.39, 0.29) is 12.5 Å². The number of anilines is 3. The maximum atomic E-state index is 12.8. The molecule has 1 atom stereocenters. The Bertz CT molecular complexity index is 1070. The summed E-state index contributed by atoms with van der Waals surface area (Å²) in [4.78, 5) is 21.6. The number of rotatable bonds is 9. The maximum Gasteiger partial charge on any atom is 0.255 e. The number of amides is 1. The molecule has 1 saturated heterocycles. The van der Waals surface area contributed by atoms with E-state index >= 15 is 0 Å². The summed E-state index contributed by atoms with van der Waals surface area (Å²) in [5.74, 6) is 1.08. The fourth-order valence-corrected chi connectivity index (χ4v) is 4.08. The Balaban J connectivity index is 1.26. The van der Waals surface area contributed by atoms with Gasteiger partial charge in [0.25, 0.3) is 5.91 Å². The van der Waals surface area contributed by atoms with E-state index in [1.54, 1.807) is 25.4 Å². The highest BCUT2D eigenvalue weighted by Gasteiger charge is 2.22. The molecule has 1 unspecified atom stereocenters. The average molecular weight is 462 g/mol. The van der Waals surface area contributed by atoms with Gasteiger partial charge >= 0.3 is 0 Å². The molecule has 0 radical (unpaired) electrons. The van der Waals surface area contributed by atoms with Crippen LogP contribution in [0.1, 0.15) is 10.4 Å². The smallest absolute Gasteiger partial charge is 0.255 e. The molecule has 1 aliphatic rings. The van der Waals surface area contributed by atoms with E-state index in [9.17, 15) is 9.90 Å². The number of carbonyl (C=O) groups excluding carboxylic acids is 1. The number of methoxy groups -OCH3 is 1. The molecule has 1 fully saturated rings. The van der Waals surface area contributed by atoms with E-state index in [0.717, 1.165) is 43.3 Å². The number of aromatic nitrogens is 1. The normalized spacial score (nSPS) is 14.9. The van der Waals surface area contributed by atoms with Gasteiger partial charge in [-0.05, 0) is 36.4 Å². The number of hydrogen-bond donors (Lipinski definition) is 3. The van der Waals surface area contributed by atoms with Crippen molar-refractivity contribution in [3.8, 4) is 5.75 Å². The lowest BCUT2D eigenvalue weighted by atomic mass is 10.2. The first kappa shape index (κ1) is 23.5. The molecule has 1 aromatic heterocycles. The van der Waals surface area contributed by atoms with Gasteiger partial charge in [-0.3, -0.25) is 9.69 Å². The monoisotopic (exact) mass is 461 g/mol. The van der Waals surface area contributed by atoms with E-state index in [1.165, 1.54) is 0 Å². The highest BCUT2D eigenvalue weighted by Crippen LogP contribution is 2.28. The quantitative estimate of drug-likeness (QED) is 0.451. The number of piperazine rings is 1. The second-order valence-corrected chi connectivity index (χ2v) is 8.21. The molecule has 0 bridgehead atoms. The average Bonchev–Trinajstić information content (AvgIpc) is 2.88. The second-order valence-electron chi connectivity index (χ2n) is 8.21. The van der Waals surface area contributed by atoms with Crippen LogP contribution in [0.4, 0.5) is 17.2 Å². The minimum Gasteiger partial charge on any atom is -0.495 e. The molecule has 2 heterocycles. The van der Waals surface area contributed by atoms with Gasteiger partial charge in [0.05, 0.1) is 24.5 Å². The van der Waals surface area contributed by atoms with Crippen LogP contribution in [0.5, 0.6) is 5.75 Å². The molecular formula is C26H31N5O3. The summed E-state index contributed by atoms with van der Waals surface area (Å²) in [6.07, 6.45) is 0.977. The van der Waals surface area contributed by atoms with Crippen LogP contribution >= 0.6 is 0 Å². The molecule has 4 rings (SSSR count). The summed E-state index contributed by atoms with van der Waals surface area (Å²) in [5.41, 5.74) is 2.38. The molecular weight excluding hydrogens is 430 g/mol. The van der Waals surface area contributed by atoms with Crippen LogP contribution in [-0.4, -0.2) is 73.4 Å². The van der Waals surface area contributed by atoms with Crippen molar-refractivity contribution in [3.63, 3.8) is 0 Å². The minimum absolute atomic E-state index is 0.172. The lowest BCUT2D eigenvalue weighted by Gasteiger charge is -2.37. The van der Waals surface area contributed by atoms with E-state index in [1.807, 2.05) is 48.5 Å². The Morgan fingerprint density at radius 1 is 1.03 bits per heavy atom. The van der Waals surface area contributed by atoms with Gasteiger partial charge in [-0.2, -0.15) is 0 Å². The third kappa shape index (κ3) is 6.03. The first-order chi connectivity index (χ1) is 16.6. The van der Waals surface area contributed by atoms with Crippen molar-refractivity contribution < 1.29 is 14.6 Å². The first-order valence-electron chi connectivity index (χ1n) is 11.5. The number of hydrogen-bond acceptors (Lipinski definition) is 7. The zero-order chi connectivity index (χ0) is 23.8. The van der Waals surface area contributed by atoms with Crippen molar-refractivity contribution >= 4 is 23.1 Å². The largest absolute Gasteiger partial charge is 0.495 e. The molecule has 0 saturated carbocycles. The van der Waals surface area contributed by atoms with Gasteiger partial charge < -0.3 is 25.4 Å². The summed E-state index contributed by atoms with van der Waals surface area (Å²) >= 11 is 0. The molecule has 8 nitrogen and oxygen atoms in total. The van der Waals surface area contributed by atoms with Crippen molar-refractivity contribution in [2.75, 3.05) is 56.6 Å². The van der Waals surface area contributed by atoms with Crippen LogP contribution < -0.4 is 20.3 Å². The Morgan fingerprint density at radius 2 is 1.76 bits per heavy atom. The molecule has 0 aliphatic carbocycles. The number of nitrogens with one attached hydrogen (secondary N) is 2. The van der Waals surface area contributed by atoms with Gasteiger partial charge in [0.1, 0.15) is 11.6 Å². The molecule has 8 heteroatoms. The SMILES string of the molecule is COc1ccccc1N1CCN(CC(O)CNC(=O)c2cccnc2Nc2ccccc2)CC1. The highest BCUT2D eigenvalue weighted by atomic mass is 16.5. The van der Waals surface area contributed by atoms with Crippen molar-refractivity contribution in [1.29, 1.82) is 0 Å². The molecule has 3 N–H and O–H groups in total. The van der Waals surface area contributed by atoms with E-state index in [4.69, 9.17) is 4.74 Å². The van der Waals surface area contributed by atoms with E-state index in [2.05, 4.69) is 31.5 Å². The van der Waals surface area contributed by atoms with Crippen molar-refractivity contribution in [3.05, 3.63) is 78.5 Å². The molecule has 178 valence electrons. The summed E-state index contributed by atoms with van der Waals surface area (Å²) in [6, 6.07) is 21.0. The fourth-order valence-electron chi connectivity index (χ4n) is 4.08. The number of aliphatic hydroxyl groups is 1. The van der Waals surface area contributed by atoms with Crippen LogP contribution in [0, 0.1) is 0 Å².